The van der Waals surface area contributed by atoms with Gasteiger partial charge in [-0.1, -0.05) is 5.16 Å². The van der Waals surface area contributed by atoms with E-state index in [-0.39, 0.29) is 29.7 Å². The fraction of sp³-hybridized carbons (Fsp3) is 0.333. The third-order valence-corrected chi connectivity index (χ3v) is 5.37. The molecule has 0 saturated carbocycles. The number of aryl methyl sites for hydroxylation is 1. The Kier molecular flexibility index (Phi) is 5.81. The molecule has 1 aromatic carbocycles. The smallest absolute Gasteiger partial charge is 0.259 e. The largest absolute Gasteiger partial charge is 0.363 e. The van der Waals surface area contributed by atoms with Crippen LogP contribution < -0.4 is 5.32 Å². The molecule has 0 spiro atoms. The number of rotatable bonds is 5. The molecule has 10 heteroatoms. The number of hydrogen-bond acceptors (Lipinski definition) is 6. The van der Waals surface area contributed by atoms with Crippen molar-refractivity contribution in [3.05, 3.63) is 54.2 Å². The molecule has 3 heterocycles. The molecule has 2 aromatic heterocycles. The zero-order valence-electron chi connectivity index (χ0n) is 17.3. The fourth-order valence-electron chi connectivity index (χ4n) is 3.53. The van der Waals surface area contributed by atoms with E-state index in [1.165, 1.54) is 18.4 Å². The molecule has 2 amide bonds. The number of hydrogen-bond donors (Lipinski definition) is 1. The lowest BCUT2D eigenvalue weighted by molar-refractivity contribution is -0.122. The van der Waals surface area contributed by atoms with Crippen LogP contribution in [0, 0.1) is 5.82 Å². The van der Waals surface area contributed by atoms with E-state index in [1.54, 1.807) is 34.0 Å². The van der Waals surface area contributed by atoms with Crippen molar-refractivity contribution in [3.63, 3.8) is 0 Å². The normalized spacial score (nSPS) is 17.0. The number of halogens is 1. The first-order valence-electron chi connectivity index (χ1n) is 10.0. The lowest BCUT2D eigenvalue weighted by atomic mass is 10.1. The third kappa shape index (κ3) is 4.33. The lowest BCUT2D eigenvalue weighted by Gasteiger charge is -2.38. The van der Waals surface area contributed by atoms with Crippen LogP contribution in [0.3, 0.4) is 0 Å². The highest BCUT2D eigenvalue weighted by Gasteiger charge is 2.34. The number of benzene rings is 1. The molecule has 1 atom stereocenters. The van der Waals surface area contributed by atoms with Gasteiger partial charge in [-0.2, -0.15) is 5.10 Å². The number of carbonyl (C=O) groups is 2. The number of aromatic nitrogens is 3. The van der Waals surface area contributed by atoms with Crippen LogP contribution in [0.25, 0.3) is 11.3 Å². The van der Waals surface area contributed by atoms with Crippen LogP contribution in [0.5, 0.6) is 0 Å². The fourth-order valence-corrected chi connectivity index (χ4v) is 3.53. The Labute approximate surface area is 178 Å². The predicted octanol–water partition coefficient (Wildman–Crippen LogP) is 2.09. The summed E-state index contributed by atoms with van der Waals surface area (Å²) in [7, 11) is 1.85. The SMILES string of the molecule is CCn1ccc(NC(=O)C2CN(C(=O)c3conc3-c3ccc(F)cc3)CCN2C)n1. The van der Waals surface area contributed by atoms with Crippen molar-refractivity contribution in [1.82, 2.24) is 24.7 Å². The van der Waals surface area contributed by atoms with E-state index in [1.807, 2.05) is 18.9 Å². The quantitative estimate of drug-likeness (QED) is 0.671. The summed E-state index contributed by atoms with van der Waals surface area (Å²) in [5.41, 5.74) is 1.19. The summed E-state index contributed by atoms with van der Waals surface area (Å²) in [6, 6.07) is 6.89. The van der Waals surface area contributed by atoms with Crippen LogP contribution in [0.2, 0.25) is 0 Å². The van der Waals surface area contributed by atoms with Crippen LogP contribution in [0.15, 0.2) is 47.3 Å². The van der Waals surface area contributed by atoms with Gasteiger partial charge in [-0.3, -0.25) is 19.2 Å². The monoisotopic (exact) mass is 426 g/mol. The van der Waals surface area contributed by atoms with Crippen molar-refractivity contribution in [2.45, 2.75) is 19.5 Å². The highest BCUT2D eigenvalue weighted by atomic mass is 19.1. The Bertz CT molecular complexity index is 1080. The first-order valence-corrected chi connectivity index (χ1v) is 10.0. The number of likely N-dealkylation sites (N-methyl/N-ethyl adjacent to an activating group) is 1. The molecular formula is C21H23FN6O3. The minimum Gasteiger partial charge on any atom is -0.363 e. The van der Waals surface area contributed by atoms with Gasteiger partial charge in [0.15, 0.2) is 5.82 Å². The average molecular weight is 426 g/mol. The average Bonchev–Trinajstić information content (AvgIpc) is 3.43. The van der Waals surface area contributed by atoms with Gasteiger partial charge in [0, 0.05) is 44.0 Å². The summed E-state index contributed by atoms with van der Waals surface area (Å²) < 4.78 is 20.0. The van der Waals surface area contributed by atoms with Gasteiger partial charge in [0.2, 0.25) is 5.91 Å². The van der Waals surface area contributed by atoms with Crippen molar-refractivity contribution in [3.8, 4) is 11.3 Å². The summed E-state index contributed by atoms with van der Waals surface area (Å²) in [6.07, 6.45) is 3.07. The number of nitrogens with zero attached hydrogens (tertiary/aromatic N) is 5. The van der Waals surface area contributed by atoms with E-state index in [4.69, 9.17) is 4.52 Å². The third-order valence-electron chi connectivity index (χ3n) is 5.37. The Balaban J connectivity index is 1.49. The number of anilines is 1. The van der Waals surface area contributed by atoms with Gasteiger partial charge >= 0.3 is 0 Å². The topological polar surface area (TPSA) is 96.5 Å². The molecule has 4 rings (SSSR count). The zero-order valence-corrected chi connectivity index (χ0v) is 17.3. The second kappa shape index (κ2) is 8.68. The molecule has 1 aliphatic rings. The van der Waals surface area contributed by atoms with Gasteiger partial charge in [-0.15, -0.1) is 0 Å². The summed E-state index contributed by atoms with van der Waals surface area (Å²) in [5, 5.41) is 11.0. The number of piperazine rings is 1. The molecule has 9 nitrogen and oxygen atoms in total. The van der Waals surface area contributed by atoms with Crippen molar-refractivity contribution in [1.29, 1.82) is 0 Å². The Morgan fingerprint density at radius 1 is 1.23 bits per heavy atom. The molecule has 1 aliphatic heterocycles. The Morgan fingerprint density at radius 3 is 2.71 bits per heavy atom. The van der Waals surface area contributed by atoms with E-state index >= 15 is 0 Å². The molecular weight excluding hydrogens is 403 g/mol. The van der Waals surface area contributed by atoms with E-state index in [0.29, 0.717) is 36.7 Å². The van der Waals surface area contributed by atoms with Gasteiger partial charge in [0.25, 0.3) is 5.91 Å². The van der Waals surface area contributed by atoms with Gasteiger partial charge in [-0.05, 0) is 38.2 Å². The van der Waals surface area contributed by atoms with Crippen molar-refractivity contribution >= 4 is 17.6 Å². The summed E-state index contributed by atoms with van der Waals surface area (Å²) in [4.78, 5) is 29.5. The second-order valence-electron chi connectivity index (χ2n) is 7.38. The predicted molar refractivity (Wildman–Crippen MR) is 111 cm³/mol. The molecule has 162 valence electrons. The molecule has 0 radical (unpaired) electrons. The van der Waals surface area contributed by atoms with Crippen molar-refractivity contribution in [2.75, 3.05) is 32.0 Å². The van der Waals surface area contributed by atoms with Crippen molar-refractivity contribution < 1.29 is 18.5 Å². The molecule has 1 unspecified atom stereocenters. The summed E-state index contributed by atoms with van der Waals surface area (Å²) >= 11 is 0. The Hall–Kier alpha value is -3.53. The van der Waals surface area contributed by atoms with Crippen LogP contribution in [-0.4, -0.2) is 69.3 Å². The standard InChI is InChI=1S/C21H23FN6O3/c1-3-28-9-8-18(24-28)23-20(29)17-12-27(11-10-26(17)2)21(30)16-13-31-25-19(16)14-4-6-15(22)7-5-14/h4-9,13,17H,3,10-12H2,1-2H3,(H,23,24,29). The lowest BCUT2D eigenvalue weighted by Crippen LogP contribution is -2.57. The molecule has 0 bridgehead atoms. The molecule has 3 aromatic rings. The van der Waals surface area contributed by atoms with Crippen LogP contribution in [0.1, 0.15) is 17.3 Å². The minimum atomic E-state index is -0.529. The first-order chi connectivity index (χ1) is 15.0. The van der Waals surface area contributed by atoms with Crippen molar-refractivity contribution in [2.24, 2.45) is 0 Å². The summed E-state index contributed by atoms with van der Waals surface area (Å²) in [6.45, 7) is 3.87. The van der Waals surface area contributed by atoms with E-state index in [2.05, 4.69) is 15.6 Å². The maximum absolute atomic E-state index is 13.2. The maximum atomic E-state index is 13.2. The summed E-state index contributed by atoms with van der Waals surface area (Å²) in [5.74, 6) is -0.426. The highest BCUT2D eigenvalue weighted by Crippen LogP contribution is 2.24. The second-order valence-corrected chi connectivity index (χ2v) is 7.38. The number of amides is 2. The number of nitrogens with one attached hydrogen (secondary N) is 1. The number of carbonyl (C=O) groups excluding carboxylic acids is 2. The molecule has 1 saturated heterocycles. The molecule has 0 aliphatic carbocycles. The van der Waals surface area contributed by atoms with E-state index in [0.717, 1.165) is 0 Å². The minimum absolute atomic E-state index is 0.212. The molecule has 31 heavy (non-hydrogen) atoms. The van der Waals surface area contributed by atoms with Crippen LogP contribution in [0.4, 0.5) is 10.2 Å². The van der Waals surface area contributed by atoms with Gasteiger partial charge in [0.05, 0.1) is 0 Å². The van der Waals surface area contributed by atoms with Crippen LogP contribution >= 0.6 is 0 Å². The van der Waals surface area contributed by atoms with Gasteiger partial charge < -0.3 is 14.7 Å². The molecule has 1 fully saturated rings. The van der Waals surface area contributed by atoms with Crippen LogP contribution in [-0.2, 0) is 11.3 Å². The van der Waals surface area contributed by atoms with Gasteiger partial charge in [0.1, 0.15) is 29.4 Å². The highest BCUT2D eigenvalue weighted by molar-refractivity contribution is 6.00. The van der Waals surface area contributed by atoms with E-state index < -0.39 is 6.04 Å². The first kappa shape index (κ1) is 20.7. The van der Waals surface area contributed by atoms with E-state index in [9.17, 15) is 14.0 Å². The zero-order chi connectivity index (χ0) is 22.0. The Morgan fingerprint density at radius 2 is 2.00 bits per heavy atom. The van der Waals surface area contributed by atoms with Gasteiger partial charge in [-0.25, -0.2) is 4.39 Å². The maximum Gasteiger partial charge on any atom is 0.259 e. The molecule has 1 N–H and O–H groups in total.